The molecule has 22 heavy (non-hydrogen) atoms. The van der Waals surface area contributed by atoms with Crippen LogP contribution in [0.1, 0.15) is 89.9 Å². The number of hydrogen-bond donors (Lipinski definition) is 1. The molecule has 0 unspecified atom stereocenters. The van der Waals surface area contributed by atoms with Gasteiger partial charge in [0.1, 0.15) is 0 Å². The van der Waals surface area contributed by atoms with Crippen LogP contribution in [0.4, 0.5) is 0 Å². The van der Waals surface area contributed by atoms with Gasteiger partial charge in [-0.25, -0.2) is 0 Å². The highest BCUT2D eigenvalue weighted by Gasteiger charge is 2.19. The van der Waals surface area contributed by atoms with Crippen molar-refractivity contribution >= 4 is 5.91 Å². The van der Waals surface area contributed by atoms with Gasteiger partial charge in [0.25, 0.3) is 0 Å². The minimum atomic E-state index is 0.281. The molecular weight excluding hydrogens is 274 g/mol. The summed E-state index contributed by atoms with van der Waals surface area (Å²) in [5, 5.41) is 3.34. The van der Waals surface area contributed by atoms with E-state index in [0.717, 1.165) is 26.1 Å². The largest absolute Gasteiger partial charge is 0.381 e. The molecule has 1 aliphatic heterocycles. The van der Waals surface area contributed by atoms with Crippen LogP contribution in [-0.4, -0.2) is 25.2 Å². The van der Waals surface area contributed by atoms with Crippen LogP contribution in [0.5, 0.6) is 0 Å². The normalized spacial score (nSPS) is 24.2. The van der Waals surface area contributed by atoms with Crippen molar-refractivity contribution in [2.75, 3.05) is 13.2 Å². The summed E-state index contributed by atoms with van der Waals surface area (Å²) in [5.74, 6) is 0.823. The first-order valence-electron chi connectivity index (χ1n) is 9.71. The topological polar surface area (TPSA) is 38.3 Å². The van der Waals surface area contributed by atoms with Gasteiger partial charge < -0.3 is 10.1 Å². The first-order valence-corrected chi connectivity index (χ1v) is 9.71. The highest BCUT2D eigenvalue weighted by Crippen LogP contribution is 2.20. The van der Waals surface area contributed by atoms with Crippen molar-refractivity contribution in [3.05, 3.63) is 0 Å². The fourth-order valence-corrected chi connectivity index (χ4v) is 3.81. The summed E-state index contributed by atoms with van der Waals surface area (Å²) in [4.78, 5) is 12.3. The lowest BCUT2D eigenvalue weighted by Gasteiger charge is -2.24. The second-order valence-corrected chi connectivity index (χ2v) is 7.28. The molecule has 1 aliphatic carbocycles. The van der Waals surface area contributed by atoms with Gasteiger partial charge in [0.05, 0.1) is 0 Å². The van der Waals surface area contributed by atoms with Gasteiger partial charge in [0.15, 0.2) is 0 Å². The monoisotopic (exact) mass is 309 g/mol. The minimum absolute atomic E-state index is 0.281. The van der Waals surface area contributed by atoms with Gasteiger partial charge in [-0.15, -0.1) is 0 Å². The van der Waals surface area contributed by atoms with E-state index in [9.17, 15) is 4.79 Å². The fraction of sp³-hybridized carbons (Fsp3) is 0.947. The van der Waals surface area contributed by atoms with Crippen molar-refractivity contribution in [2.24, 2.45) is 5.92 Å². The Morgan fingerprint density at radius 2 is 1.27 bits per heavy atom. The molecule has 0 radical (unpaired) electrons. The third-order valence-electron chi connectivity index (χ3n) is 5.29. The van der Waals surface area contributed by atoms with Crippen molar-refractivity contribution in [1.82, 2.24) is 5.32 Å². The van der Waals surface area contributed by atoms with E-state index < -0.39 is 0 Å². The molecule has 2 fully saturated rings. The lowest BCUT2D eigenvalue weighted by molar-refractivity contribution is -0.123. The van der Waals surface area contributed by atoms with E-state index in [1.807, 2.05) is 0 Å². The van der Waals surface area contributed by atoms with E-state index in [2.05, 4.69) is 5.32 Å². The zero-order valence-corrected chi connectivity index (χ0v) is 14.3. The maximum atomic E-state index is 12.3. The molecule has 0 aromatic heterocycles. The maximum Gasteiger partial charge on any atom is 0.220 e. The van der Waals surface area contributed by atoms with Crippen LogP contribution in [0.3, 0.4) is 0 Å². The molecule has 0 bridgehead atoms. The van der Waals surface area contributed by atoms with Crippen molar-refractivity contribution in [1.29, 1.82) is 0 Å². The van der Waals surface area contributed by atoms with E-state index in [-0.39, 0.29) is 5.91 Å². The number of hydrogen-bond acceptors (Lipinski definition) is 2. The smallest absolute Gasteiger partial charge is 0.220 e. The van der Waals surface area contributed by atoms with E-state index in [1.165, 1.54) is 70.6 Å². The van der Waals surface area contributed by atoms with Crippen molar-refractivity contribution in [3.63, 3.8) is 0 Å². The Balaban J connectivity index is 1.70. The van der Waals surface area contributed by atoms with Gasteiger partial charge in [-0.2, -0.15) is 0 Å². The number of carbonyl (C=O) groups is 1. The molecule has 2 aliphatic rings. The van der Waals surface area contributed by atoms with Crippen molar-refractivity contribution in [2.45, 2.75) is 95.9 Å². The number of amides is 1. The van der Waals surface area contributed by atoms with Gasteiger partial charge in [-0.3, -0.25) is 4.79 Å². The molecule has 1 heterocycles. The summed E-state index contributed by atoms with van der Waals surface area (Å²) in [6.07, 6.45) is 17.4. The SMILES string of the molecule is O=C(CC1CCOCC1)NC1CCCCCCCCCCC1. The van der Waals surface area contributed by atoms with Crippen LogP contribution in [0.2, 0.25) is 0 Å². The van der Waals surface area contributed by atoms with Crippen LogP contribution in [0, 0.1) is 5.92 Å². The molecule has 128 valence electrons. The summed E-state index contributed by atoms with van der Waals surface area (Å²) in [5.41, 5.74) is 0. The van der Waals surface area contributed by atoms with Crippen molar-refractivity contribution in [3.8, 4) is 0 Å². The standard InChI is InChI=1S/C19H35NO2/c21-19(16-17-12-14-22-15-13-17)20-18-10-8-6-4-2-1-3-5-7-9-11-18/h17-18H,1-16H2,(H,20,21). The Bertz CT molecular complexity index is 288. The summed E-state index contributed by atoms with van der Waals surface area (Å²) in [6, 6.07) is 0.423. The summed E-state index contributed by atoms with van der Waals surface area (Å²) < 4.78 is 5.38. The number of ether oxygens (including phenoxy) is 1. The lowest BCUT2D eigenvalue weighted by atomic mass is 9.95. The molecule has 1 amide bonds. The fourth-order valence-electron chi connectivity index (χ4n) is 3.81. The summed E-state index contributed by atoms with van der Waals surface area (Å²) >= 11 is 0. The molecule has 0 aromatic carbocycles. The van der Waals surface area contributed by atoms with Crippen LogP contribution < -0.4 is 5.32 Å². The summed E-state index contributed by atoms with van der Waals surface area (Å²) in [7, 11) is 0. The van der Waals surface area contributed by atoms with E-state index in [0.29, 0.717) is 18.4 Å². The van der Waals surface area contributed by atoms with Crippen LogP contribution in [-0.2, 0) is 9.53 Å². The lowest BCUT2D eigenvalue weighted by Crippen LogP contribution is -2.36. The second-order valence-electron chi connectivity index (χ2n) is 7.28. The van der Waals surface area contributed by atoms with Gasteiger partial charge in [0.2, 0.25) is 5.91 Å². The quantitative estimate of drug-likeness (QED) is 0.828. The Morgan fingerprint density at radius 1 is 0.773 bits per heavy atom. The predicted octanol–water partition coefficient (Wildman–Crippen LogP) is 4.59. The molecule has 3 heteroatoms. The molecule has 0 spiro atoms. The van der Waals surface area contributed by atoms with Crippen molar-refractivity contribution < 1.29 is 9.53 Å². The van der Waals surface area contributed by atoms with E-state index >= 15 is 0 Å². The highest BCUT2D eigenvalue weighted by atomic mass is 16.5. The molecule has 1 saturated carbocycles. The molecule has 3 nitrogen and oxygen atoms in total. The highest BCUT2D eigenvalue weighted by molar-refractivity contribution is 5.76. The predicted molar refractivity (Wildman–Crippen MR) is 90.9 cm³/mol. The maximum absolute atomic E-state index is 12.3. The van der Waals surface area contributed by atoms with E-state index in [4.69, 9.17) is 4.74 Å². The average molecular weight is 309 g/mol. The first-order chi connectivity index (χ1) is 10.8. The molecule has 1 N–H and O–H groups in total. The Hall–Kier alpha value is -0.570. The van der Waals surface area contributed by atoms with Gasteiger partial charge in [-0.05, 0) is 31.6 Å². The first kappa shape index (κ1) is 17.8. The van der Waals surface area contributed by atoms with Gasteiger partial charge in [-0.1, -0.05) is 57.8 Å². The zero-order chi connectivity index (χ0) is 15.5. The molecule has 0 aromatic rings. The minimum Gasteiger partial charge on any atom is -0.381 e. The Morgan fingerprint density at radius 3 is 1.82 bits per heavy atom. The third-order valence-corrected chi connectivity index (χ3v) is 5.29. The van der Waals surface area contributed by atoms with Crippen LogP contribution in [0.15, 0.2) is 0 Å². The van der Waals surface area contributed by atoms with Crippen LogP contribution in [0.25, 0.3) is 0 Å². The van der Waals surface area contributed by atoms with Gasteiger partial charge >= 0.3 is 0 Å². The Kier molecular flexibility index (Phi) is 8.92. The molecule has 2 rings (SSSR count). The zero-order valence-electron chi connectivity index (χ0n) is 14.3. The van der Waals surface area contributed by atoms with E-state index in [1.54, 1.807) is 0 Å². The number of carbonyl (C=O) groups excluding carboxylic acids is 1. The van der Waals surface area contributed by atoms with Crippen LogP contribution >= 0.6 is 0 Å². The van der Waals surface area contributed by atoms with Gasteiger partial charge in [0, 0.05) is 25.7 Å². The molecular formula is C19H35NO2. The Labute approximate surface area is 136 Å². The summed E-state index contributed by atoms with van der Waals surface area (Å²) in [6.45, 7) is 1.67. The second kappa shape index (κ2) is 11.0. The number of nitrogens with one attached hydrogen (secondary N) is 1. The molecule has 0 atom stereocenters. The average Bonchev–Trinajstić information content (AvgIpc) is 2.51. The molecule has 1 saturated heterocycles. The third kappa shape index (κ3) is 7.62. The number of rotatable bonds is 3.